The molecule has 0 aromatic carbocycles. The molecule has 1 aliphatic rings. The third kappa shape index (κ3) is 28.8. The topological polar surface area (TPSA) is 126 Å². The van der Waals surface area contributed by atoms with Crippen LogP contribution in [0.25, 0.3) is 0 Å². The Morgan fingerprint density at radius 1 is 0.970 bits per heavy atom. The summed E-state index contributed by atoms with van der Waals surface area (Å²) in [6.07, 6.45) is 26.2. The molecule has 0 saturated carbocycles. The first-order valence-electron chi connectivity index (χ1n) is 12.7. The number of rotatable bonds is 20. The van der Waals surface area contributed by atoms with Crippen LogP contribution in [0.4, 0.5) is 0 Å². The fourth-order valence-electron chi connectivity index (χ4n) is 3.47. The highest BCUT2D eigenvalue weighted by Gasteiger charge is 2.02. The van der Waals surface area contributed by atoms with Crippen molar-refractivity contribution in [3.63, 3.8) is 0 Å². The Balaban J connectivity index is 0. The molecule has 0 spiro atoms. The van der Waals surface area contributed by atoms with Gasteiger partial charge in [0.25, 0.3) is 0 Å². The average Bonchev–Trinajstić information content (AvgIpc) is 3.26. The van der Waals surface area contributed by atoms with E-state index in [-0.39, 0.29) is 12.8 Å². The zero-order valence-electron chi connectivity index (χ0n) is 21.3. The second kappa shape index (κ2) is 25.5. The molecular weight excluding hydrogens is 440 g/mol. The Kier molecular flexibility index (Phi) is 26.2. The molecule has 0 saturated heterocycles. The molecule has 0 unspecified atom stereocenters. The highest BCUT2D eigenvalue weighted by Crippen LogP contribution is 2.12. The number of hydrogen-bond acceptors (Lipinski definition) is 7. The molecule has 0 aliphatic carbocycles. The van der Waals surface area contributed by atoms with Crippen LogP contribution in [0.1, 0.15) is 104 Å². The van der Waals surface area contributed by atoms with Crippen molar-refractivity contribution in [3.8, 4) is 0 Å². The maximum absolute atomic E-state index is 9.56. The minimum Gasteiger partial charge on any atom is -0.389 e. The summed E-state index contributed by atoms with van der Waals surface area (Å²) in [5, 5.41) is 3.38. The molecule has 0 amide bonds. The number of hydrogen-bond donors (Lipinski definition) is 3. The molecule has 0 fully saturated rings. The van der Waals surface area contributed by atoms with Gasteiger partial charge in [-0.05, 0) is 26.0 Å². The molecule has 1 aliphatic heterocycles. The lowest BCUT2D eigenvalue weighted by molar-refractivity contribution is 0.283. The van der Waals surface area contributed by atoms with Crippen LogP contribution in [0.3, 0.4) is 0 Å². The number of nitrogens with zero attached hydrogens (tertiary/aromatic N) is 2. The van der Waals surface area contributed by atoms with Crippen molar-refractivity contribution < 1.29 is 17.2 Å². The molecule has 5 N–H and O–H groups in total. The van der Waals surface area contributed by atoms with Gasteiger partial charge in [-0.15, -0.1) is 0 Å². The van der Waals surface area contributed by atoms with Crippen molar-refractivity contribution in [2.75, 3.05) is 32.8 Å². The molecular formula is C24H52N4O4S. The van der Waals surface area contributed by atoms with E-state index in [0.717, 1.165) is 26.2 Å². The zero-order valence-corrected chi connectivity index (χ0v) is 22.2. The van der Waals surface area contributed by atoms with Crippen LogP contribution in [-0.2, 0) is 14.6 Å². The van der Waals surface area contributed by atoms with Crippen LogP contribution >= 0.6 is 0 Å². The predicted octanol–water partition coefficient (Wildman–Crippen LogP) is 5.90. The summed E-state index contributed by atoms with van der Waals surface area (Å²) in [6.45, 7) is 7.86. The summed E-state index contributed by atoms with van der Waals surface area (Å²) in [4.78, 5) is 6.49. The number of aliphatic imine (C=N–C) groups is 1. The van der Waals surface area contributed by atoms with Crippen LogP contribution in [0.2, 0.25) is 0 Å². The summed E-state index contributed by atoms with van der Waals surface area (Å²) in [7, 11) is -4.17. The fraction of sp³-hybridized carbons (Fsp3) is 0.875. The maximum Gasteiger partial charge on any atom is 0.397 e. The second-order valence-electron chi connectivity index (χ2n) is 8.28. The lowest BCUT2D eigenvalue weighted by atomic mass is 10.0. The van der Waals surface area contributed by atoms with E-state index in [1.165, 1.54) is 96.8 Å². The first-order valence-corrected chi connectivity index (χ1v) is 14.1. The minimum atomic E-state index is -4.17. The first-order chi connectivity index (χ1) is 15.5. The van der Waals surface area contributed by atoms with Crippen molar-refractivity contribution in [3.05, 3.63) is 12.3 Å². The molecule has 0 aromatic heterocycles. The fourth-order valence-corrected chi connectivity index (χ4v) is 3.77. The summed E-state index contributed by atoms with van der Waals surface area (Å²) in [5.41, 5.74) is 0. The van der Waals surface area contributed by atoms with E-state index in [9.17, 15) is 8.42 Å². The number of allylic oxidation sites excluding steroid dienone is 1. The standard InChI is InChI=1S/C22H43N3.C2H6O4S.H3N/c1-2-3-4-5-6-7-8-9-10-11-12-13-14-15-16-17-23-18-20-25-21-19-24-22-25;1-2-6-7(3,4)5;/h16-17,22-23H,2-15,18-21H2,1H3;2H2,1H3,(H,3,4,5);1H3. The van der Waals surface area contributed by atoms with Gasteiger partial charge in [0.1, 0.15) is 0 Å². The third-order valence-corrected chi connectivity index (χ3v) is 5.82. The minimum absolute atomic E-state index is 0. The predicted molar refractivity (Wildman–Crippen MR) is 141 cm³/mol. The summed E-state index contributed by atoms with van der Waals surface area (Å²) < 4.78 is 30.7. The number of unbranched alkanes of at least 4 members (excludes halogenated alkanes) is 13. The van der Waals surface area contributed by atoms with E-state index in [2.05, 4.69) is 38.6 Å². The van der Waals surface area contributed by atoms with Crippen molar-refractivity contribution in [1.29, 1.82) is 0 Å². The number of nitrogens with one attached hydrogen (secondary N) is 1. The normalized spacial score (nSPS) is 13.1. The maximum atomic E-state index is 9.56. The molecule has 9 heteroatoms. The first kappa shape index (κ1) is 34.0. The lowest BCUT2D eigenvalue weighted by Gasteiger charge is -2.12. The Labute approximate surface area is 204 Å². The van der Waals surface area contributed by atoms with Gasteiger partial charge in [-0.1, -0.05) is 90.0 Å². The quantitative estimate of drug-likeness (QED) is 0.143. The monoisotopic (exact) mass is 492 g/mol. The molecule has 198 valence electrons. The second-order valence-corrected chi connectivity index (χ2v) is 9.37. The Bertz CT molecular complexity index is 557. The molecule has 0 atom stereocenters. The van der Waals surface area contributed by atoms with Gasteiger partial charge < -0.3 is 16.4 Å². The molecule has 1 heterocycles. The van der Waals surface area contributed by atoms with Crippen LogP contribution < -0.4 is 11.5 Å². The Morgan fingerprint density at radius 3 is 1.94 bits per heavy atom. The summed E-state index contributed by atoms with van der Waals surface area (Å²) in [5.74, 6) is 0. The Morgan fingerprint density at radius 2 is 1.52 bits per heavy atom. The Hall–Kier alpha value is -1.16. The molecule has 0 aromatic rings. The van der Waals surface area contributed by atoms with E-state index in [0.29, 0.717) is 0 Å². The van der Waals surface area contributed by atoms with Gasteiger partial charge >= 0.3 is 10.4 Å². The van der Waals surface area contributed by atoms with Crippen molar-refractivity contribution in [1.82, 2.24) is 16.4 Å². The SMILES string of the molecule is CCCCCCCCCCCCCCCC=CNCCN1C=NCC1.CCOS(=O)(=O)O.N. The summed E-state index contributed by atoms with van der Waals surface area (Å²) >= 11 is 0. The summed E-state index contributed by atoms with van der Waals surface area (Å²) in [6, 6.07) is 0. The lowest BCUT2D eigenvalue weighted by Crippen LogP contribution is -2.27. The van der Waals surface area contributed by atoms with Gasteiger partial charge in [0, 0.05) is 19.6 Å². The van der Waals surface area contributed by atoms with E-state index in [1.54, 1.807) is 0 Å². The van der Waals surface area contributed by atoms with Crippen molar-refractivity contribution in [2.24, 2.45) is 4.99 Å². The van der Waals surface area contributed by atoms with E-state index in [4.69, 9.17) is 4.55 Å². The largest absolute Gasteiger partial charge is 0.397 e. The van der Waals surface area contributed by atoms with Gasteiger partial charge in [0.15, 0.2) is 0 Å². The zero-order chi connectivity index (χ0) is 23.8. The van der Waals surface area contributed by atoms with Crippen molar-refractivity contribution >= 4 is 16.7 Å². The van der Waals surface area contributed by atoms with Gasteiger partial charge in [0.05, 0.1) is 19.5 Å². The van der Waals surface area contributed by atoms with Gasteiger partial charge in [-0.25, -0.2) is 4.18 Å². The van der Waals surface area contributed by atoms with Gasteiger partial charge in [-0.2, -0.15) is 8.42 Å². The van der Waals surface area contributed by atoms with Gasteiger partial charge in [-0.3, -0.25) is 9.55 Å². The highest BCUT2D eigenvalue weighted by molar-refractivity contribution is 7.80. The van der Waals surface area contributed by atoms with Crippen LogP contribution in [-0.4, -0.2) is 57.0 Å². The highest BCUT2D eigenvalue weighted by atomic mass is 32.3. The van der Waals surface area contributed by atoms with Crippen LogP contribution in [0.15, 0.2) is 17.3 Å². The van der Waals surface area contributed by atoms with Gasteiger partial charge in [0.2, 0.25) is 0 Å². The van der Waals surface area contributed by atoms with Crippen LogP contribution in [0.5, 0.6) is 0 Å². The van der Waals surface area contributed by atoms with Crippen molar-refractivity contribution in [2.45, 2.75) is 104 Å². The van der Waals surface area contributed by atoms with E-state index < -0.39 is 10.4 Å². The molecule has 33 heavy (non-hydrogen) atoms. The molecule has 0 radical (unpaired) electrons. The molecule has 0 bridgehead atoms. The van der Waals surface area contributed by atoms with E-state index >= 15 is 0 Å². The van der Waals surface area contributed by atoms with Crippen LogP contribution in [0, 0.1) is 0 Å². The smallest absolute Gasteiger partial charge is 0.389 e. The average molecular weight is 493 g/mol. The molecule has 1 rings (SSSR count). The molecule has 8 nitrogen and oxygen atoms in total. The third-order valence-electron chi connectivity index (χ3n) is 5.28. The van der Waals surface area contributed by atoms with E-state index in [1.807, 2.05) is 6.34 Å².